The van der Waals surface area contributed by atoms with Crippen LogP contribution < -0.4 is 4.74 Å². The molecule has 2 bridgehead atoms. The van der Waals surface area contributed by atoms with Crippen LogP contribution in [0, 0.1) is 5.92 Å². The minimum atomic E-state index is 0.0798. The van der Waals surface area contributed by atoms with Crippen molar-refractivity contribution in [2.75, 3.05) is 47.0 Å². The van der Waals surface area contributed by atoms with Crippen LogP contribution in [0.5, 0.6) is 5.88 Å². The van der Waals surface area contributed by atoms with Crippen molar-refractivity contribution in [1.82, 2.24) is 14.8 Å². The quantitative estimate of drug-likeness (QED) is 0.818. The van der Waals surface area contributed by atoms with Gasteiger partial charge in [0.2, 0.25) is 5.88 Å². The number of hydrogen-bond acceptors (Lipinski definition) is 5. The summed E-state index contributed by atoms with van der Waals surface area (Å²) < 4.78 is 10.3. The van der Waals surface area contributed by atoms with Crippen molar-refractivity contribution < 1.29 is 14.3 Å². The molecular formula is C17H25N3O3. The number of rotatable bonds is 5. The Balaban J connectivity index is 1.72. The molecule has 0 radical (unpaired) electrons. The molecule has 0 spiro atoms. The van der Waals surface area contributed by atoms with E-state index in [0.29, 0.717) is 23.4 Å². The lowest BCUT2D eigenvalue weighted by Crippen LogP contribution is -2.45. The van der Waals surface area contributed by atoms with Gasteiger partial charge in [0.05, 0.1) is 13.7 Å². The molecular weight excluding hydrogens is 294 g/mol. The van der Waals surface area contributed by atoms with Gasteiger partial charge in [0.1, 0.15) is 0 Å². The van der Waals surface area contributed by atoms with E-state index in [1.165, 1.54) is 6.42 Å². The monoisotopic (exact) mass is 319 g/mol. The molecule has 3 saturated heterocycles. The Labute approximate surface area is 137 Å². The van der Waals surface area contributed by atoms with Crippen LogP contribution in [0.3, 0.4) is 0 Å². The average Bonchev–Trinajstić information content (AvgIpc) is 2.91. The fourth-order valence-electron chi connectivity index (χ4n) is 3.66. The van der Waals surface area contributed by atoms with Crippen LogP contribution in [0.15, 0.2) is 18.3 Å². The average molecular weight is 319 g/mol. The molecule has 6 heteroatoms. The number of aromatic nitrogens is 1. The van der Waals surface area contributed by atoms with Crippen molar-refractivity contribution in [3.63, 3.8) is 0 Å². The lowest BCUT2D eigenvalue weighted by Gasteiger charge is -2.35. The number of nitrogens with zero attached hydrogens (tertiary/aromatic N) is 3. The molecule has 0 unspecified atom stereocenters. The van der Waals surface area contributed by atoms with Crippen molar-refractivity contribution in [3.05, 3.63) is 23.9 Å². The Morgan fingerprint density at radius 3 is 2.96 bits per heavy atom. The Morgan fingerprint density at radius 2 is 2.17 bits per heavy atom. The molecule has 3 aliphatic rings. The van der Waals surface area contributed by atoms with E-state index in [9.17, 15) is 4.79 Å². The molecule has 0 saturated carbocycles. The van der Waals surface area contributed by atoms with Crippen molar-refractivity contribution in [2.45, 2.75) is 18.9 Å². The van der Waals surface area contributed by atoms with Gasteiger partial charge in [0.25, 0.3) is 5.91 Å². The maximum atomic E-state index is 12.9. The third-order valence-corrected chi connectivity index (χ3v) is 4.89. The van der Waals surface area contributed by atoms with Crippen LogP contribution >= 0.6 is 0 Å². The van der Waals surface area contributed by atoms with Gasteiger partial charge in [-0.2, -0.15) is 0 Å². The summed E-state index contributed by atoms with van der Waals surface area (Å²) >= 11 is 0. The van der Waals surface area contributed by atoms with Gasteiger partial charge in [0.15, 0.2) is 0 Å². The molecule has 23 heavy (non-hydrogen) atoms. The Morgan fingerprint density at radius 1 is 1.30 bits per heavy atom. The zero-order chi connectivity index (χ0) is 16.2. The minimum Gasteiger partial charge on any atom is -0.481 e. The molecule has 4 heterocycles. The van der Waals surface area contributed by atoms with Crippen LogP contribution in [-0.2, 0) is 4.74 Å². The topological polar surface area (TPSA) is 54.9 Å². The third-order valence-electron chi connectivity index (χ3n) is 4.89. The predicted molar refractivity (Wildman–Crippen MR) is 86.7 cm³/mol. The standard InChI is InChI=1S/C17H25N3O3/c1-22-8-7-19-10-13-3-4-15(19)12-20(11-13)17(21)14-5-6-18-16(9-14)23-2/h5-6,9,13,15H,3-4,7-8,10-12H2,1-2H3/t13-,15-/m0/s1. The molecule has 3 aliphatic heterocycles. The van der Waals surface area contributed by atoms with Crippen LogP contribution in [0.1, 0.15) is 23.2 Å². The number of carbonyl (C=O) groups is 1. The van der Waals surface area contributed by atoms with Crippen LogP contribution in [-0.4, -0.2) is 73.7 Å². The lowest BCUT2D eigenvalue weighted by atomic mass is 9.95. The smallest absolute Gasteiger partial charge is 0.254 e. The first-order valence-corrected chi connectivity index (χ1v) is 8.23. The summed E-state index contributed by atoms with van der Waals surface area (Å²) in [6, 6.07) is 3.93. The zero-order valence-electron chi connectivity index (χ0n) is 13.9. The summed E-state index contributed by atoms with van der Waals surface area (Å²) in [6.07, 6.45) is 4.00. The van der Waals surface area contributed by atoms with E-state index in [-0.39, 0.29) is 5.91 Å². The van der Waals surface area contributed by atoms with Crippen molar-refractivity contribution in [2.24, 2.45) is 5.92 Å². The SMILES string of the molecule is COCCN1C[C@@H]2CC[C@H]1CN(C(=O)c1ccnc(OC)c1)C2. The van der Waals surface area contributed by atoms with Gasteiger partial charge in [-0.15, -0.1) is 0 Å². The van der Waals surface area contributed by atoms with Crippen molar-refractivity contribution in [1.29, 1.82) is 0 Å². The second-order valence-electron chi connectivity index (χ2n) is 6.38. The maximum Gasteiger partial charge on any atom is 0.254 e. The van der Waals surface area contributed by atoms with E-state index in [4.69, 9.17) is 9.47 Å². The summed E-state index contributed by atoms with van der Waals surface area (Å²) in [5, 5.41) is 0. The minimum absolute atomic E-state index is 0.0798. The van der Waals surface area contributed by atoms with Crippen molar-refractivity contribution >= 4 is 5.91 Å². The van der Waals surface area contributed by atoms with Gasteiger partial charge >= 0.3 is 0 Å². The van der Waals surface area contributed by atoms with Gasteiger partial charge in [-0.3, -0.25) is 9.69 Å². The largest absolute Gasteiger partial charge is 0.481 e. The number of piperidine rings is 1. The van der Waals surface area contributed by atoms with E-state index >= 15 is 0 Å². The molecule has 1 aromatic rings. The molecule has 0 aliphatic carbocycles. The fourth-order valence-corrected chi connectivity index (χ4v) is 3.66. The number of pyridine rings is 1. The summed E-state index contributed by atoms with van der Waals surface area (Å²) in [5.74, 6) is 1.12. The van der Waals surface area contributed by atoms with E-state index in [2.05, 4.69) is 9.88 Å². The number of methoxy groups -OCH3 is 2. The molecule has 3 fully saturated rings. The Hall–Kier alpha value is -1.66. The number of carbonyl (C=O) groups excluding carboxylic acids is 1. The lowest BCUT2D eigenvalue weighted by molar-refractivity contribution is 0.0717. The highest BCUT2D eigenvalue weighted by Crippen LogP contribution is 2.28. The van der Waals surface area contributed by atoms with Gasteiger partial charge in [-0.1, -0.05) is 0 Å². The maximum absolute atomic E-state index is 12.9. The predicted octanol–water partition coefficient (Wildman–Crippen LogP) is 1.27. The highest BCUT2D eigenvalue weighted by atomic mass is 16.5. The van der Waals surface area contributed by atoms with Crippen molar-refractivity contribution in [3.8, 4) is 5.88 Å². The first-order chi connectivity index (χ1) is 11.2. The van der Waals surface area contributed by atoms with E-state index < -0.39 is 0 Å². The Bertz CT molecular complexity index is 552. The molecule has 4 rings (SSSR count). The highest BCUT2D eigenvalue weighted by molar-refractivity contribution is 5.94. The van der Waals surface area contributed by atoms with Gasteiger partial charge in [-0.05, 0) is 24.8 Å². The normalized spacial score (nSPS) is 24.5. The molecule has 6 nitrogen and oxygen atoms in total. The second-order valence-corrected chi connectivity index (χ2v) is 6.38. The van der Waals surface area contributed by atoms with E-state index in [1.54, 1.807) is 32.5 Å². The fraction of sp³-hybridized carbons (Fsp3) is 0.647. The molecule has 0 aromatic carbocycles. The summed E-state index contributed by atoms with van der Waals surface area (Å²) in [7, 11) is 3.30. The molecule has 1 aromatic heterocycles. The van der Waals surface area contributed by atoms with E-state index in [0.717, 1.165) is 39.2 Å². The first kappa shape index (κ1) is 16.2. The molecule has 1 amide bonds. The van der Waals surface area contributed by atoms with Crippen LogP contribution in [0.4, 0.5) is 0 Å². The Kier molecular flexibility index (Phi) is 5.13. The summed E-state index contributed by atoms with van der Waals surface area (Å²) in [6.45, 7) is 4.39. The summed E-state index contributed by atoms with van der Waals surface area (Å²) in [4.78, 5) is 21.4. The molecule has 2 atom stereocenters. The highest BCUT2D eigenvalue weighted by Gasteiger charge is 2.36. The molecule has 0 N–H and O–H groups in total. The number of amides is 1. The third kappa shape index (κ3) is 3.64. The first-order valence-electron chi connectivity index (χ1n) is 8.23. The van der Waals surface area contributed by atoms with Crippen LogP contribution in [0.2, 0.25) is 0 Å². The van der Waals surface area contributed by atoms with Gasteiger partial charge < -0.3 is 14.4 Å². The van der Waals surface area contributed by atoms with Gasteiger partial charge in [0, 0.05) is 57.2 Å². The van der Waals surface area contributed by atoms with Gasteiger partial charge in [-0.25, -0.2) is 4.98 Å². The summed E-state index contributed by atoms with van der Waals surface area (Å²) in [5.41, 5.74) is 0.654. The van der Waals surface area contributed by atoms with E-state index in [1.807, 2.05) is 4.90 Å². The second kappa shape index (κ2) is 7.27. The molecule has 126 valence electrons. The number of hydrogen-bond donors (Lipinski definition) is 0. The zero-order valence-corrected chi connectivity index (χ0v) is 13.9. The van der Waals surface area contributed by atoms with Crippen LogP contribution in [0.25, 0.3) is 0 Å². The number of ether oxygens (including phenoxy) is 2. The number of fused-ring (bicyclic) bond motifs is 4.